The quantitative estimate of drug-likeness (QED) is 0.785. The fourth-order valence-electron chi connectivity index (χ4n) is 2.61. The maximum absolute atomic E-state index is 9.63. The van der Waals surface area contributed by atoms with Crippen molar-refractivity contribution < 1.29 is 5.11 Å². The molecular formula is C14H20O. The zero-order chi connectivity index (χ0) is 10.9. The number of aliphatic hydroxyl groups excluding tert-OH is 1. The van der Waals surface area contributed by atoms with Gasteiger partial charge in [0.15, 0.2) is 0 Å². The van der Waals surface area contributed by atoms with Crippen molar-refractivity contribution in [3.05, 3.63) is 35.4 Å². The summed E-state index contributed by atoms with van der Waals surface area (Å²) in [5.74, 6) is 0. The average Bonchev–Trinajstić information content (AvgIpc) is 2.60. The smallest absolute Gasteiger partial charge is 0.0549 e. The normalized spacial score (nSPS) is 30.7. The van der Waals surface area contributed by atoms with Gasteiger partial charge in [0, 0.05) is 0 Å². The third-order valence-electron chi connectivity index (χ3n) is 3.77. The van der Waals surface area contributed by atoms with Gasteiger partial charge in [0.25, 0.3) is 0 Å². The van der Waals surface area contributed by atoms with Gasteiger partial charge in [-0.2, -0.15) is 0 Å². The molecule has 1 nitrogen and oxygen atoms in total. The van der Waals surface area contributed by atoms with Crippen LogP contribution in [0.15, 0.2) is 24.3 Å². The van der Waals surface area contributed by atoms with E-state index in [1.165, 1.54) is 11.1 Å². The Morgan fingerprint density at radius 3 is 2.47 bits per heavy atom. The van der Waals surface area contributed by atoms with Gasteiger partial charge in [-0.1, -0.05) is 38.1 Å². The number of hydrogen-bond donors (Lipinski definition) is 1. The van der Waals surface area contributed by atoms with Crippen LogP contribution in [0, 0.1) is 0 Å². The van der Waals surface area contributed by atoms with Crippen molar-refractivity contribution in [1.29, 1.82) is 0 Å². The molecule has 0 amide bonds. The molecule has 1 saturated carbocycles. The number of rotatable bonds is 2. The van der Waals surface area contributed by atoms with Gasteiger partial charge in [-0.05, 0) is 42.2 Å². The molecule has 1 fully saturated rings. The SMILES string of the molecule is CCc1ccc(C2(C)CCC(O)C2)cc1. The van der Waals surface area contributed by atoms with Crippen LogP contribution in [0.2, 0.25) is 0 Å². The van der Waals surface area contributed by atoms with Crippen molar-refractivity contribution in [3.63, 3.8) is 0 Å². The van der Waals surface area contributed by atoms with E-state index in [9.17, 15) is 5.11 Å². The molecular weight excluding hydrogens is 184 g/mol. The molecule has 2 unspecified atom stereocenters. The highest BCUT2D eigenvalue weighted by Gasteiger charge is 2.35. The third kappa shape index (κ3) is 2.07. The summed E-state index contributed by atoms with van der Waals surface area (Å²) in [5.41, 5.74) is 2.98. The summed E-state index contributed by atoms with van der Waals surface area (Å²) in [6.45, 7) is 4.44. The van der Waals surface area contributed by atoms with E-state index in [2.05, 4.69) is 38.1 Å². The highest BCUT2D eigenvalue weighted by Crippen LogP contribution is 2.40. The molecule has 2 atom stereocenters. The Balaban J connectivity index is 2.22. The first kappa shape index (κ1) is 10.7. The number of aliphatic hydroxyl groups is 1. The van der Waals surface area contributed by atoms with Crippen molar-refractivity contribution in [2.45, 2.75) is 51.0 Å². The van der Waals surface area contributed by atoms with Gasteiger partial charge in [-0.15, -0.1) is 0 Å². The average molecular weight is 204 g/mol. The summed E-state index contributed by atoms with van der Waals surface area (Å²) in [5, 5.41) is 9.63. The molecule has 1 aromatic carbocycles. The van der Waals surface area contributed by atoms with Gasteiger partial charge in [-0.3, -0.25) is 0 Å². The molecule has 0 radical (unpaired) electrons. The number of hydrogen-bond acceptors (Lipinski definition) is 1. The molecule has 1 N–H and O–H groups in total. The monoisotopic (exact) mass is 204 g/mol. The van der Waals surface area contributed by atoms with Crippen molar-refractivity contribution >= 4 is 0 Å². The second kappa shape index (κ2) is 3.97. The van der Waals surface area contributed by atoms with E-state index in [4.69, 9.17) is 0 Å². The fraction of sp³-hybridized carbons (Fsp3) is 0.571. The first-order valence-corrected chi connectivity index (χ1v) is 5.91. The summed E-state index contributed by atoms with van der Waals surface area (Å²) in [4.78, 5) is 0. The van der Waals surface area contributed by atoms with Crippen molar-refractivity contribution in [1.82, 2.24) is 0 Å². The van der Waals surface area contributed by atoms with Crippen LogP contribution in [0.1, 0.15) is 44.2 Å². The Morgan fingerprint density at radius 1 is 1.33 bits per heavy atom. The van der Waals surface area contributed by atoms with Gasteiger partial charge < -0.3 is 5.11 Å². The summed E-state index contributed by atoms with van der Waals surface area (Å²) in [6, 6.07) is 8.89. The first-order chi connectivity index (χ1) is 7.14. The van der Waals surface area contributed by atoms with Crippen molar-refractivity contribution in [2.75, 3.05) is 0 Å². The Kier molecular flexibility index (Phi) is 2.83. The minimum absolute atomic E-state index is 0.0964. The Morgan fingerprint density at radius 2 is 2.00 bits per heavy atom. The fourth-order valence-corrected chi connectivity index (χ4v) is 2.61. The topological polar surface area (TPSA) is 20.2 Å². The van der Waals surface area contributed by atoms with Gasteiger partial charge >= 0.3 is 0 Å². The van der Waals surface area contributed by atoms with Crippen LogP contribution in [0.3, 0.4) is 0 Å². The predicted molar refractivity (Wildman–Crippen MR) is 63.0 cm³/mol. The van der Waals surface area contributed by atoms with Gasteiger partial charge in [0.05, 0.1) is 6.10 Å². The summed E-state index contributed by atoms with van der Waals surface area (Å²) < 4.78 is 0. The molecule has 0 saturated heterocycles. The molecule has 1 aromatic rings. The molecule has 15 heavy (non-hydrogen) atoms. The second-order valence-electron chi connectivity index (χ2n) is 5.01. The number of aryl methyl sites for hydroxylation is 1. The van der Waals surface area contributed by atoms with Crippen LogP contribution in [0.25, 0.3) is 0 Å². The Bertz CT molecular complexity index is 328. The minimum atomic E-state index is -0.0964. The maximum atomic E-state index is 9.63. The lowest BCUT2D eigenvalue weighted by Gasteiger charge is -2.24. The first-order valence-electron chi connectivity index (χ1n) is 5.91. The standard InChI is InChI=1S/C14H20O/c1-3-11-4-6-12(7-5-11)14(2)9-8-13(15)10-14/h4-7,13,15H,3,8-10H2,1-2H3. The highest BCUT2D eigenvalue weighted by molar-refractivity contribution is 5.29. The van der Waals surface area contributed by atoms with Crippen LogP contribution in [-0.4, -0.2) is 11.2 Å². The molecule has 0 heterocycles. The van der Waals surface area contributed by atoms with E-state index in [0.29, 0.717) is 0 Å². The number of benzene rings is 1. The second-order valence-corrected chi connectivity index (χ2v) is 5.01. The van der Waals surface area contributed by atoms with E-state index >= 15 is 0 Å². The Labute approximate surface area is 92.1 Å². The van der Waals surface area contributed by atoms with E-state index < -0.39 is 0 Å². The molecule has 0 bridgehead atoms. The van der Waals surface area contributed by atoms with Crippen LogP contribution in [-0.2, 0) is 11.8 Å². The van der Waals surface area contributed by atoms with Crippen LogP contribution in [0.5, 0.6) is 0 Å². The summed E-state index contributed by atoms with van der Waals surface area (Å²) in [6.07, 6.45) is 3.98. The van der Waals surface area contributed by atoms with Gasteiger partial charge in [0.1, 0.15) is 0 Å². The lowest BCUT2D eigenvalue weighted by atomic mass is 9.80. The Hall–Kier alpha value is -0.820. The van der Waals surface area contributed by atoms with Crippen molar-refractivity contribution in [3.8, 4) is 0 Å². The van der Waals surface area contributed by atoms with Gasteiger partial charge in [0.2, 0.25) is 0 Å². The molecule has 0 aliphatic heterocycles. The molecule has 1 heteroatoms. The molecule has 1 aliphatic carbocycles. The lowest BCUT2D eigenvalue weighted by molar-refractivity contribution is 0.175. The largest absolute Gasteiger partial charge is 0.393 e. The van der Waals surface area contributed by atoms with E-state index in [0.717, 1.165) is 25.7 Å². The van der Waals surface area contributed by atoms with Crippen LogP contribution < -0.4 is 0 Å². The highest BCUT2D eigenvalue weighted by atomic mass is 16.3. The van der Waals surface area contributed by atoms with Crippen LogP contribution in [0.4, 0.5) is 0 Å². The molecule has 82 valence electrons. The summed E-state index contributed by atoms with van der Waals surface area (Å²) >= 11 is 0. The zero-order valence-corrected chi connectivity index (χ0v) is 9.66. The lowest BCUT2D eigenvalue weighted by Crippen LogP contribution is -2.18. The minimum Gasteiger partial charge on any atom is -0.393 e. The van der Waals surface area contributed by atoms with Crippen molar-refractivity contribution in [2.24, 2.45) is 0 Å². The molecule has 2 rings (SSSR count). The maximum Gasteiger partial charge on any atom is 0.0549 e. The van der Waals surface area contributed by atoms with Gasteiger partial charge in [-0.25, -0.2) is 0 Å². The molecule has 0 aromatic heterocycles. The van der Waals surface area contributed by atoms with E-state index in [1.807, 2.05) is 0 Å². The molecule has 0 spiro atoms. The zero-order valence-electron chi connectivity index (χ0n) is 9.66. The predicted octanol–water partition coefficient (Wildman–Crippen LogP) is 3.05. The molecule has 1 aliphatic rings. The third-order valence-corrected chi connectivity index (χ3v) is 3.77. The van der Waals surface area contributed by atoms with E-state index in [1.54, 1.807) is 0 Å². The van der Waals surface area contributed by atoms with Crippen LogP contribution >= 0.6 is 0 Å². The summed E-state index contributed by atoms with van der Waals surface area (Å²) in [7, 11) is 0. The van der Waals surface area contributed by atoms with E-state index in [-0.39, 0.29) is 11.5 Å².